The van der Waals surface area contributed by atoms with Crippen LogP contribution in [0.15, 0.2) is 39.5 Å². The highest BCUT2D eigenvalue weighted by atomic mass is 16.5. The van der Waals surface area contributed by atoms with Gasteiger partial charge in [-0.25, -0.2) is 0 Å². The van der Waals surface area contributed by atoms with Gasteiger partial charge < -0.3 is 19.2 Å². The number of nitrogens with zero attached hydrogens (tertiary/aromatic N) is 1. The monoisotopic (exact) mass is 303 g/mol. The summed E-state index contributed by atoms with van der Waals surface area (Å²) < 4.78 is 10.9. The predicted molar refractivity (Wildman–Crippen MR) is 79.8 cm³/mol. The molecule has 1 saturated heterocycles. The van der Waals surface area contributed by atoms with Crippen LogP contribution >= 0.6 is 0 Å². The first-order chi connectivity index (χ1) is 10.6. The molecule has 2 aromatic rings. The molecule has 1 amide bonds. The highest BCUT2D eigenvalue weighted by molar-refractivity contribution is 5.93. The molecular weight excluding hydrogens is 286 g/mol. The fourth-order valence-corrected chi connectivity index (χ4v) is 2.67. The summed E-state index contributed by atoms with van der Waals surface area (Å²) in [5.74, 6) is -0.433. The zero-order chi connectivity index (χ0) is 15.7. The van der Waals surface area contributed by atoms with E-state index in [0.717, 1.165) is 0 Å². The molecule has 1 N–H and O–H groups in total. The van der Waals surface area contributed by atoms with Gasteiger partial charge in [-0.3, -0.25) is 9.59 Å². The van der Waals surface area contributed by atoms with Gasteiger partial charge in [0, 0.05) is 19.2 Å². The van der Waals surface area contributed by atoms with E-state index in [-0.39, 0.29) is 24.3 Å². The van der Waals surface area contributed by atoms with Crippen molar-refractivity contribution in [1.82, 2.24) is 4.90 Å². The van der Waals surface area contributed by atoms with Crippen molar-refractivity contribution in [1.29, 1.82) is 0 Å². The van der Waals surface area contributed by atoms with Crippen molar-refractivity contribution in [2.45, 2.75) is 19.1 Å². The van der Waals surface area contributed by atoms with Crippen molar-refractivity contribution in [3.63, 3.8) is 0 Å². The van der Waals surface area contributed by atoms with Crippen LogP contribution in [0.4, 0.5) is 0 Å². The Labute approximate surface area is 126 Å². The van der Waals surface area contributed by atoms with Gasteiger partial charge in [0.05, 0.1) is 18.0 Å². The Morgan fingerprint density at radius 2 is 2.18 bits per heavy atom. The molecule has 6 nitrogen and oxygen atoms in total. The van der Waals surface area contributed by atoms with E-state index < -0.39 is 18.1 Å². The van der Waals surface area contributed by atoms with Gasteiger partial charge in [0.25, 0.3) is 5.91 Å². The van der Waals surface area contributed by atoms with Crippen LogP contribution in [0.1, 0.15) is 17.5 Å². The molecule has 3 rings (SSSR count). The zero-order valence-electron chi connectivity index (χ0n) is 12.2. The molecule has 0 bridgehead atoms. The molecule has 1 aromatic carbocycles. The van der Waals surface area contributed by atoms with Crippen LogP contribution in [0.5, 0.6) is 0 Å². The van der Waals surface area contributed by atoms with Crippen LogP contribution in [0.25, 0.3) is 11.0 Å². The number of aliphatic hydroxyl groups is 1. The second kappa shape index (κ2) is 5.90. The van der Waals surface area contributed by atoms with Gasteiger partial charge >= 0.3 is 0 Å². The zero-order valence-corrected chi connectivity index (χ0v) is 12.2. The number of para-hydroxylation sites is 1. The third-order valence-corrected chi connectivity index (χ3v) is 3.75. The largest absolute Gasteiger partial charge is 0.451 e. The van der Waals surface area contributed by atoms with Gasteiger partial charge in [-0.05, 0) is 19.1 Å². The highest BCUT2D eigenvalue weighted by Crippen LogP contribution is 2.18. The van der Waals surface area contributed by atoms with Crippen molar-refractivity contribution in [3.8, 4) is 0 Å². The number of hydrogen-bond acceptors (Lipinski definition) is 5. The number of rotatable bonds is 3. The average Bonchev–Trinajstić information content (AvgIpc) is 2.88. The van der Waals surface area contributed by atoms with E-state index in [9.17, 15) is 14.7 Å². The van der Waals surface area contributed by atoms with Crippen LogP contribution in [0.3, 0.4) is 0 Å². The number of carbonyl (C=O) groups is 1. The summed E-state index contributed by atoms with van der Waals surface area (Å²) in [7, 11) is 0. The molecular formula is C16H17NO5. The molecule has 116 valence electrons. The number of amides is 1. The van der Waals surface area contributed by atoms with Crippen molar-refractivity contribution in [2.75, 3.05) is 19.7 Å². The minimum absolute atomic E-state index is 0.0203. The number of aliphatic hydroxyl groups excluding tert-OH is 1. The van der Waals surface area contributed by atoms with Gasteiger partial charge in [0.2, 0.25) is 0 Å². The highest BCUT2D eigenvalue weighted by Gasteiger charge is 2.35. The van der Waals surface area contributed by atoms with Crippen molar-refractivity contribution in [3.05, 3.63) is 46.3 Å². The molecule has 0 radical (unpaired) electrons. The second-order valence-electron chi connectivity index (χ2n) is 5.24. The Hall–Kier alpha value is -2.18. The molecule has 0 aliphatic carbocycles. The maximum atomic E-state index is 12.5. The lowest BCUT2D eigenvalue weighted by molar-refractivity contribution is -0.00238. The molecule has 22 heavy (non-hydrogen) atoms. The molecule has 0 unspecified atom stereocenters. The first-order valence-electron chi connectivity index (χ1n) is 7.22. The molecule has 2 heterocycles. The second-order valence-corrected chi connectivity index (χ2v) is 5.24. The standard InChI is InChI=1S/C16H17NO5/c1-2-21-15-9-17(8-12(15)19)16(20)14-7-11(18)10-5-3-4-6-13(10)22-14/h3-7,12,15,19H,2,8-9H2,1H3/t12-,15-/m1/s1. The first-order valence-corrected chi connectivity index (χ1v) is 7.22. The van der Waals surface area contributed by atoms with Gasteiger partial charge in [-0.15, -0.1) is 0 Å². The van der Waals surface area contributed by atoms with Gasteiger partial charge in [-0.1, -0.05) is 12.1 Å². The summed E-state index contributed by atoms with van der Waals surface area (Å²) in [4.78, 5) is 26.0. The molecule has 1 aromatic heterocycles. The summed E-state index contributed by atoms with van der Waals surface area (Å²) in [5, 5.41) is 10.3. The van der Waals surface area contributed by atoms with E-state index in [1.165, 1.54) is 11.0 Å². The van der Waals surface area contributed by atoms with E-state index in [0.29, 0.717) is 17.6 Å². The SMILES string of the molecule is CCO[C@@H]1CN(C(=O)c2cc(=O)c3ccccc3o2)C[C@H]1O. The fraction of sp³-hybridized carbons (Fsp3) is 0.375. The van der Waals surface area contributed by atoms with E-state index in [1.807, 2.05) is 6.92 Å². The molecule has 2 atom stereocenters. The summed E-state index contributed by atoms with van der Waals surface area (Å²) >= 11 is 0. The number of likely N-dealkylation sites (tertiary alicyclic amines) is 1. The predicted octanol–water partition coefficient (Wildman–Crippen LogP) is 1.01. The molecule has 0 spiro atoms. The van der Waals surface area contributed by atoms with Crippen LogP contribution in [-0.2, 0) is 4.74 Å². The number of benzene rings is 1. The smallest absolute Gasteiger partial charge is 0.289 e. The molecule has 1 fully saturated rings. The summed E-state index contributed by atoms with van der Waals surface area (Å²) in [6.07, 6.45) is -1.13. The van der Waals surface area contributed by atoms with E-state index in [4.69, 9.17) is 9.15 Å². The number of ether oxygens (including phenoxy) is 1. The average molecular weight is 303 g/mol. The van der Waals surface area contributed by atoms with Gasteiger partial charge in [0.15, 0.2) is 11.2 Å². The number of fused-ring (bicyclic) bond motifs is 1. The lowest BCUT2D eigenvalue weighted by Crippen LogP contribution is -2.30. The Morgan fingerprint density at radius 3 is 2.95 bits per heavy atom. The number of β-amino-alcohol motifs (C(OH)–C–C–N with tert-alkyl or cyclic N) is 1. The minimum Gasteiger partial charge on any atom is -0.451 e. The summed E-state index contributed by atoms with van der Waals surface area (Å²) in [5.41, 5.74) is 0.116. The number of carbonyl (C=O) groups excluding carboxylic acids is 1. The quantitative estimate of drug-likeness (QED) is 0.915. The first kappa shape index (κ1) is 14.7. The van der Waals surface area contributed by atoms with Crippen molar-refractivity contribution < 1.29 is 19.1 Å². The Morgan fingerprint density at radius 1 is 1.41 bits per heavy atom. The molecule has 6 heteroatoms. The normalized spacial score (nSPS) is 21.5. The van der Waals surface area contributed by atoms with Crippen molar-refractivity contribution >= 4 is 16.9 Å². The van der Waals surface area contributed by atoms with Crippen LogP contribution in [0.2, 0.25) is 0 Å². The van der Waals surface area contributed by atoms with Crippen LogP contribution < -0.4 is 5.43 Å². The van der Waals surface area contributed by atoms with E-state index >= 15 is 0 Å². The summed E-state index contributed by atoms with van der Waals surface area (Å²) in [6, 6.07) is 7.98. The molecule has 0 saturated carbocycles. The van der Waals surface area contributed by atoms with E-state index in [2.05, 4.69) is 0 Å². The van der Waals surface area contributed by atoms with E-state index in [1.54, 1.807) is 24.3 Å². The lowest BCUT2D eigenvalue weighted by Gasteiger charge is -2.15. The lowest BCUT2D eigenvalue weighted by atomic mass is 10.2. The van der Waals surface area contributed by atoms with Crippen LogP contribution in [-0.4, -0.2) is 47.8 Å². The third-order valence-electron chi connectivity index (χ3n) is 3.75. The number of hydrogen-bond donors (Lipinski definition) is 1. The maximum Gasteiger partial charge on any atom is 0.289 e. The van der Waals surface area contributed by atoms with Crippen LogP contribution in [0, 0.1) is 0 Å². The Kier molecular flexibility index (Phi) is 3.96. The molecule has 1 aliphatic heterocycles. The van der Waals surface area contributed by atoms with Gasteiger partial charge in [0.1, 0.15) is 11.7 Å². The molecule has 1 aliphatic rings. The topological polar surface area (TPSA) is 80.0 Å². The Bertz CT molecular complexity index is 754. The summed E-state index contributed by atoms with van der Waals surface area (Å²) in [6.45, 7) is 2.75. The minimum atomic E-state index is -0.726. The Balaban J connectivity index is 1.88. The van der Waals surface area contributed by atoms with Gasteiger partial charge in [-0.2, -0.15) is 0 Å². The van der Waals surface area contributed by atoms with Crippen molar-refractivity contribution in [2.24, 2.45) is 0 Å². The third kappa shape index (κ3) is 2.63. The maximum absolute atomic E-state index is 12.5. The fourth-order valence-electron chi connectivity index (χ4n) is 2.67.